The molecule has 0 N–H and O–H groups in total. The normalized spacial score (nSPS) is 10.8. The maximum Gasteiger partial charge on any atom is 0.193 e. The van der Waals surface area contributed by atoms with Gasteiger partial charge in [-0.2, -0.15) is 0 Å². The van der Waals surface area contributed by atoms with Crippen LogP contribution in [0.4, 0.5) is 0 Å². The Balaban J connectivity index is 2.19. The fourth-order valence-corrected chi connectivity index (χ4v) is 2.37. The third-order valence-corrected chi connectivity index (χ3v) is 3.87. The molecule has 0 aliphatic rings. The van der Waals surface area contributed by atoms with Crippen LogP contribution in [-0.2, 0) is 0 Å². The van der Waals surface area contributed by atoms with Crippen molar-refractivity contribution in [2.45, 2.75) is 0 Å². The molecule has 0 spiro atoms. The minimum Gasteiger partial charge on any atom is -0.497 e. The highest BCUT2D eigenvalue weighted by Crippen LogP contribution is 2.29. The fraction of sp³-hybridized carbons (Fsp3) is 0.0625. The van der Waals surface area contributed by atoms with Crippen LogP contribution < -0.4 is 10.2 Å². The lowest BCUT2D eigenvalue weighted by Gasteiger charge is -2.05. The van der Waals surface area contributed by atoms with Crippen molar-refractivity contribution in [1.82, 2.24) is 0 Å². The minimum atomic E-state index is -0.166. The van der Waals surface area contributed by atoms with Crippen LogP contribution in [0.3, 0.4) is 0 Å². The molecule has 0 aliphatic heterocycles. The Labute approximate surface area is 130 Å². The van der Waals surface area contributed by atoms with Crippen molar-refractivity contribution in [1.29, 1.82) is 0 Å². The number of fused-ring (bicyclic) bond motifs is 1. The van der Waals surface area contributed by atoms with Crippen LogP contribution in [0.25, 0.3) is 22.3 Å². The van der Waals surface area contributed by atoms with Gasteiger partial charge in [0.1, 0.15) is 17.1 Å². The second kappa shape index (κ2) is 5.43. The van der Waals surface area contributed by atoms with E-state index in [0.717, 1.165) is 11.3 Å². The largest absolute Gasteiger partial charge is 0.497 e. The molecular formula is C16H10Cl2O3. The molecular weight excluding hydrogens is 311 g/mol. The lowest BCUT2D eigenvalue weighted by molar-refractivity contribution is 0.415. The quantitative estimate of drug-likeness (QED) is 0.682. The lowest BCUT2D eigenvalue weighted by atomic mass is 10.1. The molecule has 0 aliphatic carbocycles. The number of ether oxygens (including phenoxy) is 1. The van der Waals surface area contributed by atoms with E-state index in [0.29, 0.717) is 26.8 Å². The summed E-state index contributed by atoms with van der Waals surface area (Å²) in [6.45, 7) is 0. The van der Waals surface area contributed by atoms with Gasteiger partial charge in [-0.15, -0.1) is 0 Å². The van der Waals surface area contributed by atoms with Crippen LogP contribution in [0.15, 0.2) is 51.7 Å². The van der Waals surface area contributed by atoms with Crippen molar-refractivity contribution < 1.29 is 9.15 Å². The van der Waals surface area contributed by atoms with Gasteiger partial charge < -0.3 is 9.15 Å². The molecule has 0 amide bonds. The topological polar surface area (TPSA) is 39.4 Å². The van der Waals surface area contributed by atoms with Crippen LogP contribution in [-0.4, -0.2) is 7.11 Å². The molecule has 2 aromatic carbocycles. The summed E-state index contributed by atoms with van der Waals surface area (Å²) in [6.07, 6.45) is 0. The standard InChI is InChI=1S/C16H10Cl2O3/c1-20-10-4-2-9(3-5-10)15-8-14(19)11-6-12(17)13(18)7-16(11)21-15/h2-8H,1H3. The molecule has 1 aromatic heterocycles. The molecule has 21 heavy (non-hydrogen) atoms. The first-order valence-electron chi connectivity index (χ1n) is 6.16. The van der Waals surface area contributed by atoms with Gasteiger partial charge in [-0.1, -0.05) is 23.2 Å². The van der Waals surface area contributed by atoms with Crippen molar-refractivity contribution in [3.05, 3.63) is 62.7 Å². The van der Waals surface area contributed by atoms with Gasteiger partial charge in [-0.05, 0) is 30.3 Å². The average molecular weight is 321 g/mol. The molecule has 0 atom stereocenters. The van der Waals surface area contributed by atoms with E-state index in [2.05, 4.69) is 0 Å². The van der Waals surface area contributed by atoms with E-state index >= 15 is 0 Å². The van der Waals surface area contributed by atoms with Crippen molar-refractivity contribution in [2.75, 3.05) is 7.11 Å². The SMILES string of the molecule is COc1ccc(-c2cc(=O)c3cc(Cl)c(Cl)cc3o2)cc1. The monoisotopic (exact) mass is 320 g/mol. The van der Waals surface area contributed by atoms with Crippen molar-refractivity contribution in [3.8, 4) is 17.1 Å². The van der Waals surface area contributed by atoms with E-state index < -0.39 is 0 Å². The van der Waals surface area contributed by atoms with Gasteiger partial charge in [0, 0.05) is 17.7 Å². The van der Waals surface area contributed by atoms with Crippen LogP contribution >= 0.6 is 23.2 Å². The second-order valence-corrected chi connectivity index (χ2v) is 5.28. The summed E-state index contributed by atoms with van der Waals surface area (Å²) >= 11 is 11.9. The van der Waals surface area contributed by atoms with Gasteiger partial charge in [-0.25, -0.2) is 0 Å². The number of halogens is 2. The van der Waals surface area contributed by atoms with E-state index in [1.54, 1.807) is 25.3 Å². The van der Waals surface area contributed by atoms with Gasteiger partial charge in [0.25, 0.3) is 0 Å². The van der Waals surface area contributed by atoms with E-state index in [4.69, 9.17) is 32.4 Å². The maximum absolute atomic E-state index is 12.2. The van der Waals surface area contributed by atoms with E-state index in [-0.39, 0.29) is 5.43 Å². The highest BCUT2D eigenvalue weighted by Gasteiger charge is 2.10. The van der Waals surface area contributed by atoms with Crippen LogP contribution in [0.5, 0.6) is 5.75 Å². The summed E-state index contributed by atoms with van der Waals surface area (Å²) in [5, 5.41) is 1.08. The Morgan fingerprint density at radius 1 is 1.00 bits per heavy atom. The number of hydrogen-bond acceptors (Lipinski definition) is 3. The number of hydrogen-bond donors (Lipinski definition) is 0. The molecule has 0 fully saturated rings. The summed E-state index contributed by atoms with van der Waals surface area (Å²) < 4.78 is 10.9. The number of methoxy groups -OCH3 is 1. The molecule has 0 unspecified atom stereocenters. The summed E-state index contributed by atoms with van der Waals surface area (Å²) in [4.78, 5) is 12.2. The van der Waals surface area contributed by atoms with Gasteiger partial charge >= 0.3 is 0 Å². The molecule has 3 aromatic rings. The summed E-state index contributed by atoms with van der Waals surface area (Å²) in [6, 6.07) is 11.7. The lowest BCUT2D eigenvalue weighted by Crippen LogP contribution is -2.00. The Hall–Kier alpha value is -1.97. The molecule has 3 rings (SSSR count). The third-order valence-electron chi connectivity index (χ3n) is 3.14. The Morgan fingerprint density at radius 2 is 1.67 bits per heavy atom. The minimum absolute atomic E-state index is 0.166. The highest BCUT2D eigenvalue weighted by atomic mass is 35.5. The Bertz CT molecular complexity index is 867. The Kier molecular flexibility index (Phi) is 3.62. The zero-order chi connectivity index (χ0) is 15.0. The number of benzene rings is 2. The van der Waals surface area contributed by atoms with Crippen molar-refractivity contribution >= 4 is 34.2 Å². The molecule has 106 valence electrons. The molecule has 1 heterocycles. The first-order chi connectivity index (χ1) is 10.1. The maximum atomic E-state index is 12.2. The van der Waals surface area contributed by atoms with Gasteiger partial charge in [0.05, 0.1) is 22.5 Å². The first-order valence-corrected chi connectivity index (χ1v) is 6.91. The molecule has 0 radical (unpaired) electrons. The molecule has 5 heteroatoms. The number of rotatable bonds is 2. The predicted octanol–water partition coefficient (Wildman–Crippen LogP) is 4.78. The smallest absolute Gasteiger partial charge is 0.193 e. The molecule has 3 nitrogen and oxygen atoms in total. The third kappa shape index (κ3) is 2.62. The summed E-state index contributed by atoms with van der Waals surface area (Å²) in [5.74, 6) is 1.20. The van der Waals surface area contributed by atoms with Crippen LogP contribution in [0.2, 0.25) is 10.0 Å². The second-order valence-electron chi connectivity index (χ2n) is 4.47. The summed E-state index contributed by atoms with van der Waals surface area (Å²) in [5.41, 5.74) is 1.02. The zero-order valence-electron chi connectivity index (χ0n) is 11.0. The molecule has 0 saturated carbocycles. The molecule has 0 bridgehead atoms. The zero-order valence-corrected chi connectivity index (χ0v) is 12.5. The fourth-order valence-electron chi connectivity index (χ4n) is 2.05. The highest BCUT2D eigenvalue weighted by molar-refractivity contribution is 6.42. The van der Waals surface area contributed by atoms with Crippen molar-refractivity contribution in [3.63, 3.8) is 0 Å². The van der Waals surface area contributed by atoms with Gasteiger partial charge in [0.2, 0.25) is 0 Å². The summed E-state index contributed by atoms with van der Waals surface area (Å²) in [7, 11) is 1.59. The predicted molar refractivity (Wildman–Crippen MR) is 84.5 cm³/mol. The average Bonchev–Trinajstić information content (AvgIpc) is 2.49. The van der Waals surface area contributed by atoms with Crippen LogP contribution in [0, 0.1) is 0 Å². The van der Waals surface area contributed by atoms with Crippen LogP contribution in [0.1, 0.15) is 0 Å². The van der Waals surface area contributed by atoms with Crippen molar-refractivity contribution in [2.24, 2.45) is 0 Å². The van der Waals surface area contributed by atoms with E-state index in [1.165, 1.54) is 12.1 Å². The van der Waals surface area contributed by atoms with Gasteiger partial charge in [-0.3, -0.25) is 4.79 Å². The van der Waals surface area contributed by atoms with E-state index in [1.807, 2.05) is 12.1 Å². The molecule has 0 saturated heterocycles. The Morgan fingerprint density at radius 3 is 2.33 bits per heavy atom. The van der Waals surface area contributed by atoms with Gasteiger partial charge in [0.15, 0.2) is 5.43 Å². The first kappa shape index (κ1) is 14.0. The van der Waals surface area contributed by atoms with E-state index in [9.17, 15) is 4.79 Å².